The van der Waals surface area contributed by atoms with E-state index in [9.17, 15) is 4.79 Å². The summed E-state index contributed by atoms with van der Waals surface area (Å²) in [6.07, 6.45) is 0.529. The number of fused-ring (bicyclic) bond motifs is 2. The van der Waals surface area contributed by atoms with Gasteiger partial charge in [0, 0.05) is 30.6 Å². The summed E-state index contributed by atoms with van der Waals surface area (Å²) >= 11 is 0. The van der Waals surface area contributed by atoms with Crippen LogP contribution in [-0.4, -0.2) is 59.4 Å². The van der Waals surface area contributed by atoms with Gasteiger partial charge in [-0.1, -0.05) is 18.2 Å². The van der Waals surface area contributed by atoms with Gasteiger partial charge in [0.15, 0.2) is 23.0 Å². The number of amides is 1. The van der Waals surface area contributed by atoms with Gasteiger partial charge in [0.25, 0.3) is 5.91 Å². The van der Waals surface area contributed by atoms with Gasteiger partial charge in [-0.25, -0.2) is 9.50 Å². The first-order valence-corrected chi connectivity index (χ1v) is 10.8. The van der Waals surface area contributed by atoms with Gasteiger partial charge in [-0.05, 0) is 62.1 Å². The topological polar surface area (TPSA) is 81.0 Å². The molecule has 4 aromatic rings. The lowest BCUT2D eigenvalue weighted by Gasteiger charge is -2.10. The molecule has 8 heteroatoms. The molecule has 1 aliphatic rings. The largest absolute Gasteiger partial charge is 0.454 e. The molecule has 168 valence electrons. The number of aromatic nitrogens is 3. The molecule has 2 aromatic heterocycles. The summed E-state index contributed by atoms with van der Waals surface area (Å²) in [5.41, 5.74) is 4.26. The van der Waals surface area contributed by atoms with Crippen molar-refractivity contribution in [2.75, 3.05) is 34.0 Å². The van der Waals surface area contributed by atoms with Crippen LogP contribution in [0.2, 0.25) is 0 Å². The van der Waals surface area contributed by atoms with Gasteiger partial charge in [0.05, 0.1) is 5.69 Å². The van der Waals surface area contributed by atoms with E-state index in [0.29, 0.717) is 24.4 Å². The number of hydrogen-bond acceptors (Lipinski definition) is 6. The Bertz CT molecular complexity index is 1310. The first-order valence-electron chi connectivity index (χ1n) is 10.8. The van der Waals surface area contributed by atoms with E-state index in [1.165, 1.54) is 0 Å². The van der Waals surface area contributed by atoms with Crippen LogP contribution in [-0.2, 0) is 6.42 Å². The average molecular weight is 444 g/mol. The summed E-state index contributed by atoms with van der Waals surface area (Å²) in [4.78, 5) is 19.2. The number of pyridine rings is 1. The van der Waals surface area contributed by atoms with Crippen LogP contribution >= 0.6 is 0 Å². The molecule has 3 heterocycles. The average Bonchev–Trinajstić information content (AvgIpc) is 3.44. The van der Waals surface area contributed by atoms with E-state index >= 15 is 0 Å². The molecule has 0 saturated carbocycles. The van der Waals surface area contributed by atoms with E-state index < -0.39 is 0 Å². The van der Waals surface area contributed by atoms with Crippen molar-refractivity contribution < 1.29 is 14.3 Å². The molecule has 8 nitrogen and oxygen atoms in total. The number of nitrogens with one attached hydrogen (secondary N) is 1. The number of nitrogens with zero attached hydrogens (tertiary/aromatic N) is 4. The van der Waals surface area contributed by atoms with Crippen molar-refractivity contribution in [1.82, 2.24) is 24.8 Å². The van der Waals surface area contributed by atoms with Gasteiger partial charge in [-0.3, -0.25) is 4.79 Å². The van der Waals surface area contributed by atoms with Crippen LogP contribution in [0.15, 0.2) is 60.7 Å². The number of ether oxygens (including phenoxy) is 2. The molecular formula is C25H25N5O3. The normalized spacial score (nSPS) is 12.5. The monoisotopic (exact) mass is 443 g/mol. The molecule has 0 unspecified atom stereocenters. The predicted octanol–water partition coefficient (Wildman–Crippen LogP) is 3.01. The van der Waals surface area contributed by atoms with Crippen LogP contribution < -0.4 is 14.8 Å². The van der Waals surface area contributed by atoms with Crippen LogP contribution in [0.5, 0.6) is 11.5 Å². The fraction of sp³-hybridized carbons (Fsp3) is 0.240. The van der Waals surface area contributed by atoms with Crippen LogP contribution in [0.1, 0.15) is 21.7 Å². The number of likely N-dealkylation sites (N-methyl/N-ethyl adjacent to an activating group) is 1. The van der Waals surface area contributed by atoms with E-state index in [0.717, 1.165) is 40.5 Å². The molecule has 1 amide bonds. The lowest BCUT2D eigenvalue weighted by molar-refractivity contribution is 0.0951. The SMILES string of the molecule is CN(C)CCNC(=O)c1cccc(Cc2nc3cccc(-c4ccc5c(c4)OCO5)n3n2)c1. The van der Waals surface area contributed by atoms with E-state index in [-0.39, 0.29) is 12.7 Å². The van der Waals surface area contributed by atoms with Gasteiger partial charge in [0.1, 0.15) is 0 Å². The molecule has 0 aliphatic carbocycles. The molecule has 0 bridgehead atoms. The summed E-state index contributed by atoms with van der Waals surface area (Å²) in [5, 5.41) is 7.70. The van der Waals surface area contributed by atoms with Crippen molar-refractivity contribution in [1.29, 1.82) is 0 Å². The number of hydrogen-bond donors (Lipinski definition) is 1. The molecule has 1 aliphatic heterocycles. The summed E-state index contributed by atoms with van der Waals surface area (Å²) in [6.45, 7) is 1.64. The first-order chi connectivity index (χ1) is 16.1. The number of rotatable bonds is 7. The zero-order valence-electron chi connectivity index (χ0n) is 18.6. The minimum absolute atomic E-state index is 0.0771. The molecule has 0 radical (unpaired) electrons. The lowest BCUT2D eigenvalue weighted by Crippen LogP contribution is -2.31. The molecule has 5 rings (SSSR count). The maximum Gasteiger partial charge on any atom is 0.251 e. The number of benzene rings is 2. The summed E-state index contributed by atoms with van der Waals surface area (Å²) in [7, 11) is 3.96. The van der Waals surface area contributed by atoms with Crippen molar-refractivity contribution in [3.8, 4) is 22.8 Å². The maximum atomic E-state index is 12.5. The third-order valence-electron chi connectivity index (χ3n) is 5.47. The Kier molecular flexibility index (Phi) is 5.66. The van der Waals surface area contributed by atoms with Gasteiger partial charge in [-0.2, -0.15) is 5.10 Å². The third-order valence-corrected chi connectivity index (χ3v) is 5.47. The highest BCUT2D eigenvalue weighted by molar-refractivity contribution is 5.94. The van der Waals surface area contributed by atoms with Gasteiger partial charge < -0.3 is 19.7 Å². The van der Waals surface area contributed by atoms with Crippen molar-refractivity contribution in [2.24, 2.45) is 0 Å². The smallest absolute Gasteiger partial charge is 0.251 e. The van der Waals surface area contributed by atoms with Crippen molar-refractivity contribution in [3.63, 3.8) is 0 Å². The lowest BCUT2D eigenvalue weighted by atomic mass is 10.1. The fourth-order valence-electron chi connectivity index (χ4n) is 3.80. The maximum absolute atomic E-state index is 12.5. The highest BCUT2D eigenvalue weighted by Gasteiger charge is 2.16. The van der Waals surface area contributed by atoms with Crippen molar-refractivity contribution in [3.05, 3.63) is 77.6 Å². The molecule has 0 fully saturated rings. The Hall–Kier alpha value is -3.91. The number of carbonyl (C=O) groups is 1. The number of carbonyl (C=O) groups excluding carboxylic acids is 1. The molecule has 1 N–H and O–H groups in total. The van der Waals surface area contributed by atoms with Gasteiger partial charge >= 0.3 is 0 Å². The van der Waals surface area contributed by atoms with E-state index in [1.54, 1.807) is 0 Å². The zero-order valence-corrected chi connectivity index (χ0v) is 18.6. The van der Waals surface area contributed by atoms with Crippen molar-refractivity contribution >= 4 is 11.6 Å². The fourth-order valence-corrected chi connectivity index (χ4v) is 3.80. The Balaban J connectivity index is 1.37. The second-order valence-corrected chi connectivity index (χ2v) is 8.21. The third kappa shape index (κ3) is 4.51. The predicted molar refractivity (Wildman–Crippen MR) is 125 cm³/mol. The molecular weight excluding hydrogens is 418 g/mol. The van der Waals surface area contributed by atoms with Crippen LogP contribution in [0, 0.1) is 0 Å². The highest BCUT2D eigenvalue weighted by atomic mass is 16.7. The highest BCUT2D eigenvalue weighted by Crippen LogP contribution is 2.35. The Morgan fingerprint density at radius 3 is 2.79 bits per heavy atom. The van der Waals surface area contributed by atoms with Crippen LogP contribution in [0.4, 0.5) is 0 Å². The van der Waals surface area contributed by atoms with Crippen LogP contribution in [0.25, 0.3) is 16.9 Å². The molecule has 0 saturated heterocycles. The standard InChI is InChI=1S/C25H25N5O3/c1-29(2)12-11-26-25(31)19-6-3-5-17(13-19)14-23-27-24-8-4-7-20(30(24)28-23)18-9-10-21-22(15-18)33-16-32-21/h3-10,13,15H,11-12,14,16H2,1-2H3,(H,26,31). The van der Waals surface area contributed by atoms with E-state index in [1.807, 2.05) is 84.2 Å². The van der Waals surface area contributed by atoms with Crippen LogP contribution in [0.3, 0.4) is 0 Å². The van der Waals surface area contributed by atoms with Crippen molar-refractivity contribution in [2.45, 2.75) is 6.42 Å². The first kappa shape index (κ1) is 21.0. The summed E-state index contributed by atoms with van der Waals surface area (Å²) in [6, 6.07) is 19.3. The molecule has 0 spiro atoms. The Morgan fingerprint density at radius 1 is 1.06 bits per heavy atom. The molecule has 33 heavy (non-hydrogen) atoms. The van der Waals surface area contributed by atoms with Gasteiger partial charge in [0.2, 0.25) is 6.79 Å². The Morgan fingerprint density at radius 2 is 1.91 bits per heavy atom. The van der Waals surface area contributed by atoms with Gasteiger partial charge in [-0.15, -0.1) is 0 Å². The van der Waals surface area contributed by atoms with E-state index in [2.05, 4.69) is 5.32 Å². The quantitative estimate of drug-likeness (QED) is 0.473. The molecule has 2 aromatic carbocycles. The minimum Gasteiger partial charge on any atom is -0.454 e. The Labute approximate surface area is 191 Å². The zero-order chi connectivity index (χ0) is 22.8. The molecule has 0 atom stereocenters. The second-order valence-electron chi connectivity index (χ2n) is 8.21. The summed E-state index contributed by atoms with van der Waals surface area (Å²) in [5.74, 6) is 2.08. The minimum atomic E-state index is -0.0771. The van der Waals surface area contributed by atoms with E-state index in [4.69, 9.17) is 19.6 Å². The summed E-state index contributed by atoms with van der Waals surface area (Å²) < 4.78 is 12.8. The second kappa shape index (κ2) is 8.91.